The van der Waals surface area contributed by atoms with Gasteiger partial charge in [-0.1, -0.05) is 29.3 Å². The lowest BCUT2D eigenvalue weighted by molar-refractivity contribution is -0.112. The summed E-state index contributed by atoms with van der Waals surface area (Å²) in [5.41, 5.74) is 1.16. The van der Waals surface area contributed by atoms with E-state index in [-0.39, 0.29) is 11.7 Å². The van der Waals surface area contributed by atoms with Crippen molar-refractivity contribution in [3.8, 4) is 23.1 Å². The van der Waals surface area contributed by atoms with Crippen LogP contribution in [0.2, 0.25) is 10.0 Å². The van der Waals surface area contributed by atoms with Gasteiger partial charge in [-0.2, -0.15) is 5.26 Å². The SMILES string of the molecule is CC(C)Oc1cccc(NC(=O)/C(C#N)=C/c2ccc(-c3ccc(Cl)c(Cl)c3)o2)c1. The number of hydrogen-bond donors (Lipinski definition) is 1. The van der Waals surface area contributed by atoms with Gasteiger partial charge in [0.1, 0.15) is 28.9 Å². The monoisotopic (exact) mass is 440 g/mol. The van der Waals surface area contributed by atoms with Gasteiger partial charge in [0.15, 0.2) is 0 Å². The molecule has 0 spiro atoms. The molecule has 0 saturated heterocycles. The van der Waals surface area contributed by atoms with Gasteiger partial charge < -0.3 is 14.5 Å². The van der Waals surface area contributed by atoms with Gasteiger partial charge in [-0.15, -0.1) is 0 Å². The minimum absolute atomic E-state index is 0.00851. The number of benzene rings is 2. The van der Waals surface area contributed by atoms with Crippen LogP contribution >= 0.6 is 23.2 Å². The fraction of sp³-hybridized carbons (Fsp3) is 0.130. The Labute approximate surface area is 184 Å². The van der Waals surface area contributed by atoms with Crippen molar-refractivity contribution in [3.05, 3.63) is 76.0 Å². The van der Waals surface area contributed by atoms with Crippen LogP contribution < -0.4 is 10.1 Å². The molecule has 30 heavy (non-hydrogen) atoms. The number of hydrogen-bond acceptors (Lipinski definition) is 4. The third-order valence-electron chi connectivity index (χ3n) is 3.95. The molecule has 0 aliphatic heterocycles. The Morgan fingerprint density at radius 3 is 2.63 bits per heavy atom. The second-order valence-electron chi connectivity index (χ2n) is 6.65. The lowest BCUT2D eigenvalue weighted by Crippen LogP contribution is -2.13. The van der Waals surface area contributed by atoms with Crippen LogP contribution in [0.5, 0.6) is 5.75 Å². The summed E-state index contributed by atoms with van der Waals surface area (Å²) < 4.78 is 11.3. The zero-order valence-electron chi connectivity index (χ0n) is 16.3. The number of ether oxygens (including phenoxy) is 1. The molecule has 3 rings (SSSR count). The standard InChI is InChI=1S/C23H18Cl2N2O3/c1-14(2)29-18-5-3-4-17(12-18)27-23(28)16(13-26)10-19-7-9-22(30-19)15-6-8-20(24)21(25)11-15/h3-12,14H,1-2H3,(H,27,28)/b16-10+. The van der Waals surface area contributed by atoms with Crippen LogP contribution in [-0.4, -0.2) is 12.0 Å². The van der Waals surface area contributed by atoms with Crippen LogP contribution in [0.3, 0.4) is 0 Å². The van der Waals surface area contributed by atoms with Crippen LogP contribution in [-0.2, 0) is 4.79 Å². The molecule has 5 nitrogen and oxygen atoms in total. The number of nitrogens with one attached hydrogen (secondary N) is 1. The number of anilines is 1. The predicted molar refractivity (Wildman–Crippen MR) is 119 cm³/mol. The first-order valence-electron chi connectivity index (χ1n) is 9.11. The molecule has 0 fully saturated rings. The summed E-state index contributed by atoms with van der Waals surface area (Å²) in [5.74, 6) is 0.977. The molecule has 3 aromatic rings. The Kier molecular flexibility index (Phi) is 6.83. The van der Waals surface area contributed by atoms with Gasteiger partial charge in [0, 0.05) is 23.4 Å². The summed E-state index contributed by atoms with van der Waals surface area (Å²) in [7, 11) is 0. The Balaban J connectivity index is 1.77. The summed E-state index contributed by atoms with van der Waals surface area (Å²) in [6, 6.07) is 17.4. The normalized spacial score (nSPS) is 11.3. The number of carbonyl (C=O) groups is 1. The number of rotatable bonds is 6. The van der Waals surface area contributed by atoms with E-state index in [2.05, 4.69) is 5.32 Å². The first-order chi connectivity index (χ1) is 14.4. The van der Waals surface area contributed by atoms with Crippen molar-refractivity contribution in [2.45, 2.75) is 20.0 Å². The van der Waals surface area contributed by atoms with Crippen molar-refractivity contribution >= 4 is 40.9 Å². The lowest BCUT2D eigenvalue weighted by Gasteiger charge is -2.11. The van der Waals surface area contributed by atoms with Crippen LogP contribution in [0.1, 0.15) is 19.6 Å². The Morgan fingerprint density at radius 2 is 1.93 bits per heavy atom. The van der Waals surface area contributed by atoms with Crippen molar-refractivity contribution < 1.29 is 13.9 Å². The highest BCUT2D eigenvalue weighted by molar-refractivity contribution is 6.42. The van der Waals surface area contributed by atoms with Gasteiger partial charge in [0.2, 0.25) is 0 Å². The maximum atomic E-state index is 12.5. The summed E-state index contributed by atoms with van der Waals surface area (Å²) >= 11 is 12.0. The zero-order valence-corrected chi connectivity index (χ0v) is 17.8. The van der Waals surface area contributed by atoms with Gasteiger partial charge in [-0.05, 0) is 56.3 Å². The van der Waals surface area contributed by atoms with E-state index in [0.29, 0.717) is 33.0 Å². The van der Waals surface area contributed by atoms with Crippen LogP contribution in [0.4, 0.5) is 5.69 Å². The highest BCUT2D eigenvalue weighted by Gasteiger charge is 2.13. The maximum absolute atomic E-state index is 12.5. The van der Waals surface area contributed by atoms with E-state index in [4.69, 9.17) is 32.4 Å². The molecule has 7 heteroatoms. The number of amides is 1. The molecule has 152 valence electrons. The second kappa shape index (κ2) is 9.53. The summed E-state index contributed by atoms with van der Waals surface area (Å²) in [5, 5.41) is 13.0. The number of nitrogens with zero attached hydrogens (tertiary/aromatic N) is 1. The topological polar surface area (TPSA) is 75.3 Å². The number of carbonyl (C=O) groups excluding carboxylic acids is 1. The van der Waals surface area contributed by atoms with Crippen LogP contribution in [0, 0.1) is 11.3 Å². The summed E-state index contributed by atoms with van der Waals surface area (Å²) in [6.07, 6.45) is 1.39. The summed E-state index contributed by atoms with van der Waals surface area (Å²) in [6.45, 7) is 3.83. The first kappa shape index (κ1) is 21.5. The predicted octanol–water partition coefficient (Wildman–Crippen LogP) is 6.59. The molecule has 0 bridgehead atoms. The maximum Gasteiger partial charge on any atom is 0.266 e. The average molecular weight is 441 g/mol. The van der Waals surface area contributed by atoms with Gasteiger partial charge in [-0.25, -0.2) is 0 Å². The molecule has 2 aromatic carbocycles. The third-order valence-corrected chi connectivity index (χ3v) is 4.69. The number of nitriles is 1. The van der Waals surface area contributed by atoms with Gasteiger partial charge in [-0.3, -0.25) is 4.79 Å². The molecule has 1 N–H and O–H groups in total. The van der Waals surface area contributed by atoms with Crippen molar-refractivity contribution in [1.82, 2.24) is 0 Å². The average Bonchev–Trinajstić information content (AvgIpc) is 3.16. The molecule has 0 atom stereocenters. The Bertz CT molecular complexity index is 1140. The molecule has 0 unspecified atom stereocenters. The highest BCUT2D eigenvalue weighted by Crippen LogP contribution is 2.30. The van der Waals surface area contributed by atoms with E-state index in [1.54, 1.807) is 54.6 Å². The van der Waals surface area contributed by atoms with Gasteiger partial charge in [0.05, 0.1) is 16.1 Å². The van der Waals surface area contributed by atoms with E-state index in [9.17, 15) is 10.1 Å². The fourth-order valence-electron chi connectivity index (χ4n) is 2.64. The van der Waals surface area contributed by atoms with Crippen molar-refractivity contribution in [2.24, 2.45) is 0 Å². The fourth-order valence-corrected chi connectivity index (χ4v) is 2.94. The number of furan rings is 1. The van der Waals surface area contributed by atoms with Crippen molar-refractivity contribution in [3.63, 3.8) is 0 Å². The number of halogens is 2. The largest absolute Gasteiger partial charge is 0.491 e. The van der Waals surface area contributed by atoms with E-state index in [0.717, 1.165) is 5.56 Å². The molecule has 0 saturated carbocycles. The van der Waals surface area contributed by atoms with Crippen LogP contribution in [0.25, 0.3) is 17.4 Å². The first-order valence-corrected chi connectivity index (χ1v) is 9.86. The zero-order chi connectivity index (χ0) is 21.7. The van der Waals surface area contributed by atoms with Crippen molar-refractivity contribution in [2.75, 3.05) is 5.32 Å². The Morgan fingerprint density at radius 1 is 1.13 bits per heavy atom. The lowest BCUT2D eigenvalue weighted by atomic mass is 10.2. The molecule has 0 radical (unpaired) electrons. The molecular formula is C23H18Cl2N2O3. The molecular weight excluding hydrogens is 423 g/mol. The van der Waals surface area contributed by atoms with E-state index < -0.39 is 5.91 Å². The highest BCUT2D eigenvalue weighted by atomic mass is 35.5. The quantitative estimate of drug-likeness (QED) is 0.346. The molecule has 0 aliphatic rings. The minimum Gasteiger partial charge on any atom is -0.491 e. The van der Waals surface area contributed by atoms with Gasteiger partial charge >= 0.3 is 0 Å². The second-order valence-corrected chi connectivity index (χ2v) is 7.46. The van der Waals surface area contributed by atoms with Crippen molar-refractivity contribution in [1.29, 1.82) is 5.26 Å². The molecule has 1 amide bonds. The van der Waals surface area contributed by atoms with E-state index >= 15 is 0 Å². The van der Waals surface area contributed by atoms with E-state index in [1.807, 2.05) is 19.9 Å². The van der Waals surface area contributed by atoms with Gasteiger partial charge in [0.25, 0.3) is 5.91 Å². The van der Waals surface area contributed by atoms with E-state index in [1.165, 1.54) is 6.08 Å². The Hall–Kier alpha value is -3.20. The molecule has 0 aliphatic carbocycles. The van der Waals surface area contributed by atoms with Crippen LogP contribution in [0.15, 0.2) is 64.6 Å². The third kappa shape index (κ3) is 5.44. The molecule has 1 aromatic heterocycles. The summed E-state index contributed by atoms with van der Waals surface area (Å²) in [4.78, 5) is 12.5. The molecule has 1 heterocycles. The smallest absolute Gasteiger partial charge is 0.266 e. The minimum atomic E-state index is -0.549.